The molecule has 1 aromatic rings. The van der Waals surface area contributed by atoms with E-state index in [0.717, 1.165) is 13.1 Å². The topological polar surface area (TPSA) is 40.6 Å². The van der Waals surface area contributed by atoms with Crippen molar-refractivity contribution in [1.29, 1.82) is 0 Å². The van der Waals surface area contributed by atoms with E-state index in [1.165, 1.54) is 0 Å². The molecular formula is C17H23ClN2O2. The van der Waals surface area contributed by atoms with Crippen molar-refractivity contribution >= 4 is 23.3 Å². The number of Topliss-reactive ketones (excluding diaryl/α,β-unsaturated/α-hetero) is 1. The van der Waals surface area contributed by atoms with Gasteiger partial charge in [0.15, 0.2) is 5.78 Å². The Kier molecular flexibility index (Phi) is 5.98. The van der Waals surface area contributed by atoms with E-state index in [9.17, 15) is 9.59 Å². The predicted octanol–water partition coefficient (Wildman–Crippen LogP) is 2.71. The summed E-state index contributed by atoms with van der Waals surface area (Å²) in [6, 6.07) is 6.98. The van der Waals surface area contributed by atoms with Gasteiger partial charge in [-0.05, 0) is 30.2 Å². The second kappa shape index (κ2) is 7.75. The largest absolute Gasteiger partial charge is 0.340 e. The van der Waals surface area contributed by atoms with E-state index >= 15 is 0 Å². The molecule has 0 unspecified atom stereocenters. The zero-order valence-electron chi connectivity index (χ0n) is 13.2. The smallest absolute Gasteiger partial charge is 0.222 e. The number of rotatable bonds is 5. The van der Waals surface area contributed by atoms with Gasteiger partial charge in [-0.15, -0.1) is 0 Å². The molecule has 120 valence electrons. The van der Waals surface area contributed by atoms with Crippen LogP contribution < -0.4 is 0 Å². The number of hydrogen-bond acceptors (Lipinski definition) is 3. The van der Waals surface area contributed by atoms with E-state index in [1.807, 2.05) is 4.90 Å². The molecule has 1 aromatic carbocycles. The fraction of sp³-hybridized carbons (Fsp3) is 0.529. The fourth-order valence-electron chi connectivity index (χ4n) is 2.56. The molecule has 0 atom stereocenters. The standard InChI is InChI=1S/C17H23ClN2O2/c1-13(2)11-17(22)20-9-7-19(8-10-20)12-16(21)14-3-5-15(18)6-4-14/h3-6,13H,7-12H2,1-2H3. The Hall–Kier alpha value is -1.39. The third-order valence-electron chi connectivity index (χ3n) is 3.84. The van der Waals surface area contributed by atoms with Crippen molar-refractivity contribution in [2.24, 2.45) is 5.92 Å². The van der Waals surface area contributed by atoms with E-state index in [2.05, 4.69) is 18.7 Å². The molecule has 1 fully saturated rings. The summed E-state index contributed by atoms with van der Waals surface area (Å²) in [5.74, 6) is 0.703. The average molecular weight is 323 g/mol. The summed E-state index contributed by atoms with van der Waals surface area (Å²) in [5.41, 5.74) is 0.683. The van der Waals surface area contributed by atoms with Crippen LogP contribution in [0.1, 0.15) is 30.6 Å². The van der Waals surface area contributed by atoms with Crippen molar-refractivity contribution < 1.29 is 9.59 Å². The Bertz CT molecular complexity index is 520. The van der Waals surface area contributed by atoms with Crippen molar-refractivity contribution in [3.8, 4) is 0 Å². The van der Waals surface area contributed by atoms with Crippen LogP contribution in [0.2, 0.25) is 5.02 Å². The Morgan fingerprint density at radius 3 is 2.23 bits per heavy atom. The highest BCUT2D eigenvalue weighted by Gasteiger charge is 2.22. The first kappa shape index (κ1) is 17.0. The maximum Gasteiger partial charge on any atom is 0.222 e. The molecule has 0 radical (unpaired) electrons. The van der Waals surface area contributed by atoms with Crippen molar-refractivity contribution in [2.45, 2.75) is 20.3 Å². The molecule has 0 aliphatic carbocycles. The summed E-state index contributed by atoms with van der Waals surface area (Å²) < 4.78 is 0. The number of halogens is 1. The van der Waals surface area contributed by atoms with E-state index in [-0.39, 0.29) is 11.7 Å². The highest BCUT2D eigenvalue weighted by atomic mass is 35.5. The lowest BCUT2D eigenvalue weighted by Gasteiger charge is -2.34. The van der Waals surface area contributed by atoms with Crippen LogP contribution in [0.3, 0.4) is 0 Å². The minimum absolute atomic E-state index is 0.0959. The van der Waals surface area contributed by atoms with Crippen LogP contribution >= 0.6 is 11.6 Å². The maximum atomic E-state index is 12.2. The average Bonchev–Trinajstić information content (AvgIpc) is 2.48. The number of benzene rings is 1. The number of carbonyl (C=O) groups is 2. The van der Waals surface area contributed by atoms with Crippen LogP contribution in [-0.2, 0) is 4.79 Å². The molecule has 0 saturated carbocycles. The van der Waals surface area contributed by atoms with Crippen molar-refractivity contribution in [3.63, 3.8) is 0 Å². The van der Waals surface area contributed by atoms with Gasteiger partial charge in [0.05, 0.1) is 6.54 Å². The number of piperazine rings is 1. The summed E-state index contributed by atoms with van der Waals surface area (Å²) >= 11 is 5.83. The minimum Gasteiger partial charge on any atom is -0.340 e. The number of ketones is 1. The highest BCUT2D eigenvalue weighted by Crippen LogP contribution is 2.12. The Labute approximate surface area is 137 Å². The monoisotopic (exact) mass is 322 g/mol. The first-order valence-corrected chi connectivity index (χ1v) is 8.12. The highest BCUT2D eigenvalue weighted by molar-refractivity contribution is 6.30. The summed E-state index contributed by atoms with van der Waals surface area (Å²) in [6.07, 6.45) is 0.601. The van der Waals surface area contributed by atoms with Gasteiger partial charge in [-0.2, -0.15) is 0 Å². The van der Waals surface area contributed by atoms with Crippen LogP contribution in [0.4, 0.5) is 0 Å². The Morgan fingerprint density at radius 1 is 1.09 bits per heavy atom. The lowest BCUT2D eigenvalue weighted by molar-refractivity contribution is -0.133. The van der Waals surface area contributed by atoms with E-state index in [1.54, 1.807) is 24.3 Å². The first-order chi connectivity index (χ1) is 10.5. The van der Waals surface area contributed by atoms with Crippen LogP contribution in [0.5, 0.6) is 0 Å². The van der Waals surface area contributed by atoms with Gasteiger partial charge >= 0.3 is 0 Å². The van der Waals surface area contributed by atoms with Crippen molar-refractivity contribution in [2.75, 3.05) is 32.7 Å². The van der Waals surface area contributed by atoms with Crippen LogP contribution in [0.25, 0.3) is 0 Å². The van der Waals surface area contributed by atoms with Gasteiger partial charge in [0.25, 0.3) is 0 Å². The molecule has 0 bridgehead atoms. The van der Waals surface area contributed by atoms with Crippen LogP contribution in [0, 0.1) is 5.92 Å². The molecule has 1 heterocycles. The zero-order chi connectivity index (χ0) is 16.1. The molecule has 1 aliphatic heterocycles. The zero-order valence-corrected chi connectivity index (χ0v) is 14.0. The Balaban J connectivity index is 1.81. The molecule has 4 nitrogen and oxygen atoms in total. The maximum absolute atomic E-state index is 12.2. The molecule has 0 spiro atoms. The first-order valence-electron chi connectivity index (χ1n) is 7.74. The van der Waals surface area contributed by atoms with Crippen molar-refractivity contribution in [3.05, 3.63) is 34.9 Å². The van der Waals surface area contributed by atoms with Gasteiger partial charge in [-0.25, -0.2) is 0 Å². The van der Waals surface area contributed by atoms with Gasteiger partial charge in [-0.3, -0.25) is 14.5 Å². The molecule has 2 rings (SSSR count). The van der Waals surface area contributed by atoms with Gasteiger partial charge in [0.2, 0.25) is 5.91 Å². The Morgan fingerprint density at radius 2 is 1.68 bits per heavy atom. The van der Waals surface area contributed by atoms with Crippen LogP contribution in [-0.4, -0.2) is 54.2 Å². The summed E-state index contributed by atoms with van der Waals surface area (Å²) in [5, 5.41) is 0.633. The normalized spacial score (nSPS) is 16.1. The lowest BCUT2D eigenvalue weighted by atomic mass is 10.1. The lowest BCUT2D eigenvalue weighted by Crippen LogP contribution is -2.50. The number of carbonyl (C=O) groups excluding carboxylic acids is 2. The number of amides is 1. The van der Waals surface area contributed by atoms with Gasteiger partial charge in [0.1, 0.15) is 0 Å². The SMILES string of the molecule is CC(C)CC(=O)N1CCN(CC(=O)c2ccc(Cl)cc2)CC1. The second-order valence-corrected chi connectivity index (χ2v) is 6.62. The third-order valence-corrected chi connectivity index (χ3v) is 4.09. The molecule has 22 heavy (non-hydrogen) atoms. The third kappa shape index (κ3) is 4.82. The van der Waals surface area contributed by atoms with Gasteiger partial charge in [0, 0.05) is 43.2 Å². The summed E-state index contributed by atoms with van der Waals surface area (Å²) in [6.45, 7) is 7.43. The summed E-state index contributed by atoms with van der Waals surface area (Å²) in [4.78, 5) is 28.3. The van der Waals surface area contributed by atoms with Crippen LogP contribution in [0.15, 0.2) is 24.3 Å². The molecule has 1 aliphatic rings. The van der Waals surface area contributed by atoms with Crippen molar-refractivity contribution in [1.82, 2.24) is 9.80 Å². The molecule has 5 heteroatoms. The number of nitrogens with zero attached hydrogens (tertiary/aromatic N) is 2. The quantitative estimate of drug-likeness (QED) is 0.783. The fourth-order valence-corrected chi connectivity index (χ4v) is 2.69. The molecular weight excluding hydrogens is 300 g/mol. The van der Waals surface area contributed by atoms with E-state index < -0.39 is 0 Å². The molecule has 0 N–H and O–H groups in total. The van der Waals surface area contributed by atoms with E-state index in [4.69, 9.17) is 11.6 Å². The van der Waals surface area contributed by atoms with E-state index in [0.29, 0.717) is 42.6 Å². The molecule has 0 aromatic heterocycles. The number of hydrogen-bond donors (Lipinski definition) is 0. The predicted molar refractivity (Wildman–Crippen MR) is 88.3 cm³/mol. The minimum atomic E-state index is 0.0959. The second-order valence-electron chi connectivity index (χ2n) is 6.18. The van der Waals surface area contributed by atoms with Gasteiger partial charge < -0.3 is 4.90 Å². The van der Waals surface area contributed by atoms with Gasteiger partial charge in [-0.1, -0.05) is 25.4 Å². The summed E-state index contributed by atoms with van der Waals surface area (Å²) in [7, 11) is 0. The molecule has 1 amide bonds. The molecule has 1 saturated heterocycles.